The number of hydrogen-bond acceptors (Lipinski definition) is 5. The van der Waals surface area contributed by atoms with E-state index in [0.717, 1.165) is 18.8 Å². The number of anilines is 2. The third-order valence-corrected chi connectivity index (χ3v) is 3.97. The Bertz CT molecular complexity index is 471. The number of hydrogen-bond donors (Lipinski definition) is 3. The lowest BCUT2D eigenvalue weighted by Crippen LogP contribution is -2.32. The van der Waals surface area contributed by atoms with Crippen LogP contribution in [0.15, 0.2) is 18.2 Å². The molecule has 6 heteroatoms. The summed E-state index contributed by atoms with van der Waals surface area (Å²) in [7, 11) is 0. The Morgan fingerprint density at radius 1 is 1.19 bits per heavy atom. The molecular weight excluding hydrogens is 268 g/mol. The van der Waals surface area contributed by atoms with Crippen LogP contribution in [-0.2, 0) is 0 Å². The molecule has 116 valence electrons. The van der Waals surface area contributed by atoms with Gasteiger partial charge in [-0.2, -0.15) is 0 Å². The molecule has 1 aliphatic rings. The number of nitrogens with zero attached hydrogens (tertiary/aromatic N) is 1. The molecule has 0 heterocycles. The lowest BCUT2D eigenvalue weighted by molar-refractivity contribution is -0.383. The van der Waals surface area contributed by atoms with Gasteiger partial charge in [0.2, 0.25) is 0 Å². The van der Waals surface area contributed by atoms with E-state index in [4.69, 9.17) is 5.73 Å². The molecule has 4 N–H and O–H groups in total. The van der Waals surface area contributed by atoms with Gasteiger partial charge in [-0.15, -0.1) is 0 Å². The zero-order chi connectivity index (χ0) is 15.1. The van der Waals surface area contributed by atoms with Crippen molar-refractivity contribution in [2.45, 2.75) is 44.6 Å². The fraction of sp³-hybridized carbons (Fsp3) is 0.600. The summed E-state index contributed by atoms with van der Waals surface area (Å²) < 4.78 is 0. The molecule has 0 radical (unpaired) electrons. The topological polar surface area (TPSA) is 93.2 Å². The lowest BCUT2D eigenvalue weighted by Gasteiger charge is -2.16. The molecule has 2 rings (SSSR count). The Morgan fingerprint density at radius 2 is 1.90 bits per heavy atom. The van der Waals surface area contributed by atoms with Gasteiger partial charge < -0.3 is 16.4 Å². The Balaban J connectivity index is 1.73. The maximum Gasteiger partial charge on any atom is 0.292 e. The highest BCUT2D eigenvalue weighted by molar-refractivity contribution is 5.65. The second-order valence-corrected chi connectivity index (χ2v) is 5.60. The number of nitro groups is 1. The SMILES string of the molecule is Nc1cc(NCCNC2CCCCCC2)ccc1[N+](=O)[O-]. The van der Waals surface area contributed by atoms with E-state index in [-0.39, 0.29) is 11.4 Å². The van der Waals surface area contributed by atoms with E-state index < -0.39 is 4.92 Å². The molecule has 1 aromatic rings. The van der Waals surface area contributed by atoms with E-state index >= 15 is 0 Å². The molecule has 1 aliphatic carbocycles. The van der Waals surface area contributed by atoms with Crippen LogP contribution < -0.4 is 16.4 Å². The highest BCUT2D eigenvalue weighted by Crippen LogP contribution is 2.24. The van der Waals surface area contributed by atoms with Gasteiger partial charge in [-0.3, -0.25) is 10.1 Å². The predicted octanol–water partition coefficient (Wildman–Crippen LogP) is 2.90. The van der Waals surface area contributed by atoms with Gasteiger partial charge in [0, 0.05) is 30.9 Å². The maximum absolute atomic E-state index is 10.7. The third-order valence-electron chi connectivity index (χ3n) is 3.97. The van der Waals surface area contributed by atoms with E-state index in [2.05, 4.69) is 10.6 Å². The van der Waals surface area contributed by atoms with Crippen molar-refractivity contribution in [2.24, 2.45) is 0 Å². The average Bonchev–Trinajstić information content (AvgIpc) is 2.72. The Hall–Kier alpha value is -1.82. The number of rotatable bonds is 6. The van der Waals surface area contributed by atoms with Crippen molar-refractivity contribution < 1.29 is 4.92 Å². The molecule has 21 heavy (non-hydrogen) atoms. The first-order valence-electron chi connectivity index (χ1n) is 7.68. The highest BCUT2D eigenvalue weighted by Gasteiger charge is 2.12. The summed E-state index contributed by atoms with van der Waals surface area (Å²) in [6, 6.07) is 5.39. The number of nitrogen functional groups attached to an aromatic ring is 1. The van der Waals surface area contributed by atoms with Crippen molar-refractivity contribution in [1.82, 2.24) is 5.32 Å². The van der Waals surface area contributed by atoms with Crippen LogP contribution in [0.5, 0.6) is 0 Å². The van der Waals surface area contributed by atoms with Crippen molar-refractivity contribution in [3.8, 4) is 0 Å². The molecule has 0 atom stereocenters. The zero-order valence-corrected chi connectivity index (χ0v) is 12.3. The van der Waals surface area contributed by atoms with Crippen molar-refractivity contribution in [2.75, 3.05) is 24.1 Å². The van der Waals surface area contributed by atoms with Gasteiger partial charge in [-0.25, -0.2) is 0 Å². The van der Waals surface area contributed by atoms with E-state index in [1.807, 2.05) is 0 Å². The fourth-order valence-electron chi connectivity index (χ4n) is 2.80. The van der Waals surface area contributed by atoms with Crippen molar-refractivity contribution in [1.29, 1.82) is 0 Å². The largest absolute Gasteiger partial charge is 0.393 e. The highest BCUT2D eigenvalue weighted by atomic mass is 16.6. The van der Waals surface area contributed by atoms with Gasteiger partial charge in [0.1, 0.15) is 5.69 Å². The van der Waals surface area contributed by atoms with Gasteiger partial charge in [0.15, 0.2) is 0 Å². The first kappa shape index (κ1) is 15.6. The second-order valence-electron chi connectivity index (χ2n) is 5.60. The fourth-order valence-corrected chi connectivity index (χ4v) is 2.80. The Kier molecular flexibility index (Phi) is 5.80. The minimum Gasteiger partial charge on any atom is -0.393 e. The summed E-state index contributed by atoms with van der Waals surface area (Å²) >= 11 is 0. The number of nitro benzene ring substituents is 1. The standard InChI is InChI=1S/C15H24N4O2/c16-14-11-13(7-8-15(14)19(20)21)18-10-9-17-12-5-3-1-2-4-6-12/h7-8,11-12,17-18H,1-6,9-10,16H2. The molecule has 0 amide bonds. The Labute approximate surface area is 125 Å². The average molecular weight is 292 g/mol. The van der Waals surface area contributed by atoms with Crippen LogP contribution >= 0.6 is 0 Å². The van der Waals surface area contributed by atoms with Crippen LogP contribution in [0, 0.1) is 10.1 Å². The first-order chi connectivity index (χ1) is 10.2. The molecule has 0 aliphatic heterocycles. The van der Waals surface area contributed by atoms with Crippen LogP contribution in [0.1, 0.15) is 38.5 Å². The van der Waals surface area contributed by atoms with Gasteiger partial charge in [-0.1, -0.05) is 25.7 Å². The van der Waals surface area contributed by atoms with Gasteiger partial charge >= 0.3 is 0 Å². The minimum absolute atomic E-state index is 0.0443. The smallest absolute Gasteiger partial charge is 0.292 e. The van der Waals surface area contributed by atoms with Crippen LogP contribution in [0.25, 0.3) is 0 Å². The summed E-state index contributed by atoms with van der Waals surface area (Å²) in [6.45, 7) is 1.68. The van der Waals surface area contributed by atoms with E-state index in [1.54, 1.807) is 12.1 Å². The van der Waals surface area contributed by atoms with Gasteiger partial charge in [-0.05, 0) is 25.0 Å². The monoisotopic (exact) mass is 292 g/mol. The molecule has 1 fully saturated rings. The molecule has 6 nitrogen and oxygen atoms in total. The summed E-state index contributed by atoms with van der Waals surface area (Å²) in [4.78, 5) is 10.2. The predicted molar refractivity (Wildman–Crippen MR) is 85.5 cm³/mol. The van der Waals surface area contributed by atoms with Crippen molar-refractivity contribution in [3.63, 3.8) is 0 Å². The van der Waals surface area contributed by atoms with Crippen LogP contribution in [0.3, 0.4) is 0 Å². The number of nitrogens with two attached hydrogens (primary N) is 1. The summed E-state index contributed by atoms with van der Waals surface area (Å²) in [5, 5.41) is 17.5. The molecule has 0 spiro atoms. The molecular formula is C15H24N4O2. The van der Waals surface area contributed by atoms with Gasteiger partial charge in [0.05, 0.1) is 4.92 Å². The van der Waals surface area contributed by atoms with E-state index in [9.17, 15) is 10.1 Å². The summed E-state index contributed by atoms with van der Waals surface area (Å²) in [5.74, 6) is 0. The van der Waals surface area contributed by atoms with Crippen LogP contribution in [0.2, 0.25) is 0 Å². The molecule has 0 bridgehead atoms. The van der Waals surface area contributed by atoms with E-state index in [0.29, 0.717) is 6.04 Å². The molecule has 0 saturated heterocycles. The normalized spacial score (nSPS) is 16.4. The first-order valence-corrected chi connectivity index (χ1v) is 7.68. The number of benzene rings is 1. The molecule has 0 aromatic heterocycles. The lowest BCUT2D eigenvalue weighted by atomic mass is 10.1. The summed E-state index contributed by atoms with van der Waals surface area (Å²) in [5.41, 5.74) is 6.64. The zero-order valence-electron chi connectivity index (χ0n) is 12.3. The maximum atomic E-state index is 10.7. The van der Waals surface area contributed by atoms with Crippen LogP contribution in [-0.4, -0.2) is 24.1 Å². The molecule has 1 aromatic carbocycles. The second kappa shape index (κ2) is 7.83. The third kappa shape index (κ3) is 4.90. The Morgan fingerprint density at radius 3 is 2.52 bits per heavy atom. The van der Waals surface area contributed by atoms with Gasteiger partial charge in [0.25, 0.3) is 5.69 Å². The summed E-state index contributed by atoms with van der Waals surface area (Å²) in [6.07, 6.45) is 7.90. The van der Waals surface area contributed by atoms with Crippen molar-refractivity contribution >= 4 is 17.1 Å². The molecule has 0 unspecified atom stereocenters. The molecule has 1 saturated carbocycles. The quantitative estimate of drug-likeness (QED) is 0.246. The number of nitrogens with one attached hydrogen (secondary N) is 2. The van der Waals surface area contributed by atoms with Crippen LogP contribution in [0.4, 0.5) is 17.1 Å². The minimum atomic E-state index is -0.466. The van der Waals surface area contributed by atoms with Crippen molar-refractivity contribution in [3.05, 3.63) is 28.3 Å². The van der Waals surface area contributed by atoms with E-state index in [1.165, 1.54) is 44.6 Å².